The Bertz CT molecular complexity index is 1320. The summed E-state index contributed by atoms with van der Waals surface area (Å²) >= 11 is 19.5. The number of fused-ring (bicyclic) bond motifs is 2. The van der Waals surface area contributed by atoms with Crippen molar-refractivity contribution in [3.63, 3.8) is 0 Å². The van der Waals surface area contributed by atoms with Crippen molar-refractivity contribution >= 4 is 66.9 Å². The van der Waals surface area contributed by atoms with Crippen molar-refractivity contribution in [1.29, 1.82) is 0 Å². The van der Waals surface area contributed by atoms with Gasteiger partial charge in [-0.25, -0.2) is 0 Å². The highest BCUT2D eigenvalue weighted by molar-refractivity contribution is 9.12. The van der Waals surface area contributed by atoms with E-state index >= 15 is 0 Å². The molecule has 224 valence electrons. The predicted octanol–water partition coefficient (Wildman–Crippen LogP) is 6.11. The molecule has 0 spiro atoms. The fourth-order valence-electron chi connectivity index (χ4n) is 6.79. The molecule has 42 heavy (non-hydrogen) atoms. The summed E-state index contributed by atoms with van der Waals surface area (Å²) in [6, 6.07) is 19.6. The van der Waals surface area contributed by atoms with Crippen LogP contribution in [0.25, 0.3) is 0 Å². The summed E-state index contributed by atoms with van der Waals surface area (Å²) in [5.74, 6) is -0.546. The summed E-state index contributed by atoms with van der Waals surface area (Å²) in [6.45, 7) is 5.86. The van der Waals surface area contributed by atoms with E-state index in [1.54, 1.807) is 22.0 Å². The SMILES string of the molecule is C[C@@]12CC(Br)=C[C@@H](Cl)[C@@]1(O)C(=O)N(Cc1ccccc1)C2.C[C@]12CC(Br)=C[C@H](Cl)[C@]1(O)C(=O)N(Cc1ccccc1)C2. The molecule has 2 N–H and O–H groups in total. The van der Waals surface area contributed by atoms with E-state index in [4.69, 9.17) is 23.2 Å². The monoisotopic (exact) mass is 738 g/mol. The Hall–Kier alpha value is -1.68. The minimum atomic E-state index is -1.53. The Morgan fingerprint density at radius 1 is 0.714 bits per heavy atom. The molecule has 10 heteroatoms. The van der Waals surface area contributed by atoms with Gasteiger partial charge < -0.3 is 20.0 Å². The lowest BCUT2D eigenvalue weighted by atomic mass is 9.68. The van der Waals surface area contributed by atoms with E-state index in [0.29, 0.717) is 39.0 Å². The number of amides is 2. The molecule has 0 aromatic heterocycles. The number of carbonyl (C=O) groups is 2. The molecule has 0 saturated carbocycles. The van der Waals surface area contributed by atoms with Crippen LogP contribution in [-0.4, -0.2) is 66.9 Å². The highest BCUT2D eigenvalue weighted by Crippen LogP contribution is 2.54. The molecular formula is C32H34Br2Cl2N2O4. The third kappa shape index (κ3) is 5.30. The summed E-state index contributed by atoms with van der Waals surface area (Å²) in [4.78, 5) is 28.9. The number of rotatable bonds is 4. The van der Waals surface area contributed by atoms with Crippen molar-refractivity contribution in [2.24, 2.45) is 10.8 Å². The lowest BCUT2D eigenvalue weighted by molar-refractivity contribution is -0.149. The number of benzene rings is 2. The number of carbonyl (C=O) groups excluding carboxylic acids is 2. The number of aliphatic hydroxyl groups is 2. The van der Waals surface area contributed by atoms with Gasteiger partial charge in [-0.1, -0.05) is 119 Å². The molecule has 0 radical (unpaired) electrons. The van der Waals surface area contributed by atoms with E-state index in [2.05, 4.69) is 31.9 Å². The van der Waals surface area contributed by atoms with Gasteiger partial charge in [0, 0.05) is 37.0 Å². The van der Waals surface area contributed by atoms with Crippen molar-refractivity contribution in [2.45, 2.75) is 61.7 Å². The first-order valence-corrected chi connectivity index (χ1v) is 16.3. The average Bonchev–Trinajstić information content (AvgIpc) is 3.25. The molecule has 2 aromatic carbocycles. The number of halogens is 4. The summed E-state index contributed by atoms with van der Waals surface area (Å²) in [7, 11) is 0. The zero-order valence-electron chi connectivity index (χ0n) is 23.4. The molecule has 0 bridgehead atoms. The molecule has 2 aliphatic heterocycles. The molecular weight excluding hydrogens is 707 g/mol. The Kier molecular flexibility index (Phi) is 8.82. The van der Waals surface area contributed by atoms with Crippen molar-refractivity contribution in [1.82, 2.24) is 9.80 Å². The van der Waals surface area contributed by atoms with E-state index in [9.17, 15) is 19.8 Å². The molecule has 6 rings (SSSR count). The van der Waals surface area contributed by atoms with Gasteiger partial charge in [0.05, 0.1) is 10.8 Å². The number of allylic oxidation sites excluding steroid dienone is 2. The van der Waals surface area contributed by atoms with Crippen LogP contribution in [0, 0.1) is 10.8 Å². The first-order chi connectivity index (χ1) is 19.7. The summed E-state index contributed by atoms with van der Waals surface area (Å²) < 4.78 is 1.90. The molecule has 2 amide bonds. The van der Waals surface area contributed by atoms with Gasteiger partial charge in [-0.2, -0.15) is 0 Å². The van der Waals surface area contributed by atoms with Crippen LogP contribution in [0.15, 0.2) is 81.8 Å². The largest absolute Gasteiger partial charge is 0.378 e. The third-order valence-corrected chi connectivity index (χ3v) is 11.1. The van der Waals surface area contributed by atoms with E-state index in [1.165, 1.54) is 0 Å². The second-order valence-corrected chi connectivity index (χ2v) is 15.3. The van der Waals surface area contributed by atoms with Gasteiger partial charge in [0.2, 0.25) is 0 Å². The van der Waals surface area contributed by atoms with Gasteiger partial charge in [0.1, 0.15) is 0 Å². The minimum absolute atomic E-state index is 0.273. The quantitative estimate of drug-likeness (QED) is 0.371. The van der Waals surface area contributed by atoms with E-state index in [-0.39, 0.29) is 11.8 Å². The van der Waals surface area contributed by atoms with E-state index in [0.717, 1.165) is 20.1 Å². The minimum Gasteiger partial charge on any atom is -0.378 e. The first kappa shape index (κ1) is 31.7. The van der Waals surface area contributed by atoms with Gasteiger partial charge in [-0.3, -0.25) is 9.59 Å². The van der Waals surface area contributed by atoms with Crippen LogP contribution in [-0.2, 0) is 22.7 Å². The number of hydrogen-bond donors (Lipinski definition) is 2. The van der Waals surface area contributed by atoms with Crippen LogP contribution in [0.2, 0.25) is 0 Å². The highest BCUT2D eigenvalue weighted by atomic mass is 79.9. The van der Waals surface area contributed by atoms with Crippen LogP contribution in [0.5, 0.6) is 0 Å². The van der Waals surface area contributed by atoms with Crippen LogP contribution < -0.4 is 0 Å². The van der Waals surface area contributed by atoms with E-state index in [1.807, 2.05) is 74.5 Å². The van der Waals surface area contributed by atoms with Crippen LogP contribution in [0.3, 0.4) is 0 Å². The number of hydrogen-bond acceptors (Lipinski definition) is 4. The summed E-state index contributed by atoms with van der Waals surface area (Å²) in [6.07, 6.45) is 4.69. The maximum absolute atomic E-state index is 12.7. The second kappa shape index (κ2) is 11.7. The van der Waals surface area contributed by atoms with Crippen molar-refractivity contribution < 1.29 is 19.8 Å². The first-order valence-electron chi connectivity index (χ1n) is 13.9. The topological polar surface area (TPSA) is 81.1 Å². The maximum Gasteiger partial charge on any atom is 0.257 e. The molecule has 6 atom stereocenters. The Balaban J connectivity index is 0.000000168. The predicted molar refractivity (Wildman–Crippen MR) is 172 cm³/mol. The Morgan fingerprint density at radius 3 is 1.38 bits per heavy atom. The standard InChI is InChI=1S/2C16H17BrClNO2/c2*1-15-8-12(17)7-13(18)16(15,21)14(20)19(10-15)9-11-5-3-2-4-6-11/h2*2-7,13,21H,8-10H2,1H3/t2*13-,15+,16-/m10/s1. The van der Waals surface area contributed by atoms with Crippen LogP contribution in [0.4, 0.5) is 0 Å². The fourth-order valence-corrected chi connectivity index (χ4v) is 9.88. The van der Waals surface area contributed by atoms with Crippen molar-refractivity contribution in [3.8, 4) is 0 Å². The van der Waals surface area contributed by atoms with Gasteiger partial charge in [-0.15, -0.1) is 23.2 Å². The number of likely N-dealkylation sites (tertiary alicyclic amines) is 2. The second-order valence-electron chi connectivity index (χ2n) is 12.3. The summed E-state index contributed by atoms with van der Waals surface area (Å²) in [5.41, 5.74) is -2.09. The Morgan fingerprint density at radius 2 is 1.05 bits per heavy atom. The zero-order valence-corrected chi connectivity index (χ0v) is 28.1. The molecule has 2 heterocycles. The molecule has 2 fully saturated rings. The van der Waals surface area contributed by atoms with Gasteiger partial charge >= 0.3 is 0 Å². The fraction of sp³-hybridized carbons (Fsp3) is 0.438. The maximum atomic E-state index is 12.7. The highest BCUT2D eigenvalue weighted by Gasteiger charge is 2.66. The lowest BCUT2D eigenvalue weighted by Crippen LogP contribution is -2.56. The normalized spacial score (nSPS) is 35.6. The van der Waals surface area contributed by atoms with Crippen molar-refractivity contribution in [2.75, 3.05) is 13.1 Å². The van der Waals surface area contributed by atoms with Gasteiger partial charge in [0.25, 0.3) is 11.8 Å². The van der Waals surface area contributed by atoms with Crippen LogP contribution >= 0.6 is 55.1 Å². The molecule has 2 aliphatic carbocycles. The van der Waals surface area contributed by atoms with E-state index < -0.39 is 32.8 Å². The van der Waals surface area contributed by atoms with Gasteiger partial charge in [-0.05, 0) is 32.9 Å². The molecule has 0 unspecified atom stereocenters. The molecule has 4 aliphatic rings. The molecule has 6 nitrogen and oxygen atoms in total. The Labute approximate surface area is 273 Å². The molecule has 2 aromatic rings. The smallest absolute Gasteiger partial charge is 0.257 e. The lowest BCUT2D eigenvalue weighted by Gasteiger charge is -2.41. The molecule has 2 saturated heterocycles. The third-order valence-electron chi connectivity index (χ3n) is 9.15. The summed E-state index contributed by atoms with van der Waals surface area (Å²) in [5, 5.41) is 20.6. The van der Waals surface area contributed by atoms with Crippen molar-refractivity contribution in [3.05, 3.63) is 92.9 Å². The number of nitrogens with zero attached hydrogens (tertiary/aromatic N) is 2. The van der Waals surface area contributed by atoms with Gasteiger partial charge in [0.15, 0.2) is 11.2 Å². The zero-order chi connectivity index (χ0) is 30.5. The number of alkyl halides is 2. The van der Waals surface area contributed by atoms with Crippen LogP contribution in [0.1, 0.15) is 37.8 Å². The average molecular weight is 741 g/mol.